The average molecular weight is 427 g/mol. The van der Waals surface area contributed by atoms with Gasteiger partial charge >= 0.3 is 6.09 Å². The van der Waals surface area contributed by atoms with Crippen LogP contribution >= 0.6 is 0 Å². The predicted octanol–water partition coefficient (Wildman–Crippen LogP) is 4.52. The minimum absolute atomic E-state index is 0.0674. The lowest BCUT2D eigenvalue weighted by Gasteiger charge is -2.33. The highest BCUT2D eigenvalue weighted by Gasteiger charge is 2.26. The van der Waals surface area contributed by atoms with Gasteiger partial charge in [0.15, 0.2) is 0 Å². The fraction of sp³-hybridized carbons (Fsp3) is 0.636. The van der Waals surface area contributed by atoms with E-state index in [4.69, 9.17) is 9.47 Å². The Hall–Kier alpha value is -2.38. The number of rotatable bonds is 7. The van der Waals surface area contributed by atoms with E-state index in [1.165, 1.54) is 0 Å². The van der Waals surface area contributed by atoms with Gasteiger partial charge in [-0.05, 0) is 59.3 Å². The molecular formula is C22H32F2N2O4. The Morgan fingerprint density at radius 2 is 1.77 bits per heavy atom. The van der Waals surface area contributed by atoms with Gasteiger partial charge in [-0.25, -0.2) is 13.6 Å². The summed E-state index contributed by atoms with van der Waals surface area (Å²) in [5, 5.41) is 2.38. The van der Waals surface area contributed by atoms with Crippen molar-refractivity contribution in [1.29, 1.82) is 0 Å². The number of hydrogen-bond donors (Lipinski definition) is 1. The molecule has 1 aliphatic heterocycles. The van der Waals surface area contributed by atoms with E-state index in [1.807, 2.05) is 20.8 Å². The number of amides is 2. The Kier molecular flexibility index (Phi) is 8.43. The number of ether oxygens (including phenoxy) is 2. The van der Waals surface area contributed by atoms with Crippen LogP contribution in [-0.2, 0) is 4.74 Å². The standard InChI is InChI=1S/C22H32F2N2O4/c1-5-25-20(27)19-17(23)13-16(14-18(19)24)29-12-6-7-15-8-10-26(11-9-15)21(28)30-22(2,3)4/h13-15H,5-12H2,1-4H3,(H,25,27). The van der Waals surface area contributed by atoms with Crippen LogP contribution in [0.15, 0.2) is 12.1 Å². The molecule has 0 saturated carbocycles. The van der Waals surface area contributed by atoms with Gasteiger partial charge in [-0.3, -0.25) is 4.79 Å². The van der Waals surface area contributed by atoms with E-state index in [1.54, 1.807) is 11.8 Å². The number of carbonyl (C=O) groups excluding carboxylic acids is 2. The molecule has 8 heteroatoms. The van der Waals surface area contributed by atoms with E-state index in [2.05, 4.69) is 5.32 Å². The number of halogens is 2. The molecule has 1 aromatic carbocycles. The quantitative estimate of drug-likeness (QED) is 0.651. The first-order chi connectivity index (χ1) is 14.1. The lowest BCUT2D eigenvalue weighted by atomic mass is 9.92. The molecule has 1 aliphatic rings. The summed E-state index contributed by atoms with van der Waals surface area (Å²) in [4.78, 5) is 25.5. The van der Waals surface area contributed by atoms with Crippen LogP contribution in [0.4, 0.5) is 13.6 Å². The Labute approximate surface area is 176 Å². The van der Waals surface area contributed by atoms with Crippen LogP contribution in [0.3, 0.4) is 0 Å². The smallest absolute Gasteiger partial charge is 0.410 e. The first-order valence-corrected chi connectivity index (χ1v) is 10.5. The van der Waals surface area contributed by atoms with Crippen molar-refractivity contribution < 1.29 is 27.8 Å². The maximum absolute atomic E-state index is 14.1. The number of hydrogen-bond acceptors (Lipinski definition) is 4. The number of benzene rings is 1. The average Bonchev–Trinajstić information content (AvgIpc) is 2.64. The molecule has 0 radical (unpaired) electrons. The molecule has 0 atom stereocenters. The van der Waals surface area contributed by atoms with Crippen LogP contribution in [-0.4, -0.2) is 48.7 Å². The molecule has 1 aromatic rings. The molecule has 1 N–H and O–H groups in total. The van der Waals surface area contributed by atoms with Gasteiger partial charge in [-0.2, -0.15) is 0 Å². The highest BCUT2D eigenvalue weighted by molar-refractivity contribution is 5.94. The fourth-order valence-electron chi connectivity index (χ4n) is 3.39. The van der Waals surface area contributed by atoms with E-state index in [-0.39, 0.29) is 18.4 Å². The van der Waals surface area contributed by atoms with E-state index in [0.29, 0.717) is 25.6 Å². The van der Waals surface area contributed by atoms with Crippen LogP contribution in [0, 0.1) is 17.6 Å². The zero-order chi connectivity index (χ0) is 22.3. The normalized spacial score (nSPS) is 15.1. The lowest BCUT2D eigenvalue weighted by molar-refractivity contribution is 0.0179. The SMILES string of the molecule is CCNC(=O)c1c(F)cc(OCCCC2CCN(C(=O)OC(C)(C)C)CC2)cc1F. The third-order valence-corrected chi connectivity index (χ3v) is 4.87. The number of carbonyl (C=O) groups is 2. The highest BCUT2D eigenvalue weighted by atomic mass is 19.1. The summed E-state index contributed by atoms with van der Waals surface area (Å²) >= 11 is 0. The van der Waals surface area contributed by atoms with Gasteiger partial charge in [-0.1, -0.05) is 0 Å². The molecular weight excluding hydrogens is 394 g/mol. The van der Waals surface area contributed by atoms with Gasteiger partial charge in [0.25, 0.3) is 5.91 Å². The zero-order valence-corrected chi connectivity index (χ0v) is 18.2. The Balaban J connectivity index is 1.73. The molecule has 30 heavy (non-hydrogen) atoms. The van der Waals surface area contributed by atoms with Crippen molar-refractivity contribution in [2.45, 2.75) is 59.0 Å². The molecule has 168 valence electrons. The Bertz CT molecular complexity index is 718. The predicted molar refractivity (Wildman–Crippen MR) is 110 cm³/mol. The van der Waals surface area contributed by atoms with Crippen LogP contribution in [0.1, 0.15) is 63.7 Å². The summed E-state index contributed by atoms with van der Waals surface area (Å²) in [6.45, 7) is 9.16. The van der Waals surface area contributed by atoms with Crippen molar-refractivity contribution in [2.24, 2.45) is 5.92 Å². The van der Waals surface area contributed by atoms with Gasteiger partial charge in [0, 0.05) is 31.8 Å². The lowest BCUT2D eigenvalue weighted by Crippen LogP contribution is -2.41. The van der Waals surface area contributed by atoms with Gasteiger partial charge < -0.3 is 19.7 Å². The molecule has 1 heterocycles. The number of nitrogens with zero attached hydrogens (tertiary/aromatic N) is 1. The molecule has 0 aliphatic carbocycles. The maximum atomic E-state index is 14.1. The minimum Gasteiger partial charge on any atom is -0.493 e. The molecule has 0 aromatic heterocycles. The molecule has 2 amide bonds. The second kappa shape index (κ2) is 10.6. The van der Waals surface area contributed by atoms with Gasteiger partial charge in [0.2, 0.25) is 0 Å². The molecule has 0 spiro atoms. The van der Waals surface area contributed by atoms with E-state index in [9.17, 15) is 18.4 Å². The van der Waals surface area contributed by atoms with Gasteiger partial charge in [0.1, 0.15) is 28.5 Å². The van der Waals surface area contributed by atoms with Crippen LogP contribution in [0.5, 0.6) is 5.75 Å². The van der Waals surface area contributed by atoms with Crippen molar-refractivity contribution >= 4 is 12.0 Å². The summed E-state index contributed by atoms with van der Waals surface area (Å²) in [5.41, 5.74) is -1.09. The topological polar surface area (TPSA) is 67.9 Å². The van der Waals surface area contributed by atoms with Crippen LogP contribution in [0.2, 0.25) is 0 Å². The third kappa shape index (κ3) is 7.15. The molecule has 0 bridgehead atoms. The monoisotopic (exact) mass is 426 g/mol. The first-order valence-electron chi connectivity index (χ1n) is 10.5. The zero-order valence-electron chi connectivity index (χ0n) is 18.2. The highest BCUT2D eigenvalue weighted by Crippen LogP contribution is 2.25. The van der Waals surface area contributed by atoms with E-state index < -0.39 is 28.7 Å². The Morgan fingerprint density at radius 3 is 2.30 bits per heavy atom. The van der Waals surface area contributed by atoms with Crippen molar-refractivity contribution in [3.8, 4) is 5.75 Å². The number of nitrogens with one attached hydrogen (secondary N) is 1. The third-order valence-electron chi connectivity index (χ3n) is 4.87. The van der Waals surface area contributed by atoms with Gasteiger partial charge in [-0.15, -0.1) is 0 Å². The van der Waals surface area contributed by atoms with Crippen LogP contribution < -0.4 is 10.1 Å². The summed E-state index contributed by atoms with van der Waals surface area (Å²) in [6.07, 6.45) is 3.15. The number of piperidine rings is 1. The van der Waals surface area contributed by atoms with Gasteiger partial charge in [0.05, 0.1) is 6.61 Å². The van der Waals surface area contributed by atoms with Crippen molar-refractivity contribution in [3.05, 3.63) is 29.3 Å². The van der Waals surface area contributed by atoms with Crippen molar-refractivity contribution in [2.75, 3.05) is 26.2 Å². The summed E-state index contributed by atoms with van der Waals surface area (Å²) in [6, 6.07) is 2.07. The van der Waals surface area contributed by atoms with E-state index in [0.717, 1.165) is 37.8 Å². The summed E-state index contributed by atoms with van der Waals surface area (Å²) in [5.74, 6) is -2.12. The fourth-order valence-corrected chi connectivity index (χ4v) is 3.39. The number of likely N-dealkylation sites (tertiary alicyclic amines) is 1. The second-order valence-electron chi connectivity index (χ2n) is 8.52. The van der Waals surface area contributed by atoms with Crippen molar-refractivity contribution in [3.63, 3.8) is 0 Å². The summed E-state index contributed by atoms with van der Waals surface area (Å²) in [7, 11) is 0. The molecule has 2 rings (SSSR count). The van der Waals surface area contributed by atoms with Crippen LogP contribution in [0.25, 0.3) is 0 Å². The van der Waals surface area contributed by atoms with Crippen molar-refractivity contribution in [1.82, 2.24) is 10.2 Å². The maximum Gasteiger partial charge on any atom is 0.410 e. The first kappa shape index (κ1) is 23.9. The molecule has 0 unspecified atom stereocenters. The summed E-state index contributed by atoms with van der Waals surface area (Å²) < 4.78 is 39.0. The minimum atomic E-state index is -0.939. The largest absolute Gasteiger partial charge is 0.493 e. The molecule has 1 fully saturated rings. The molecule has 6 nitrogen and oxygen atoms in total. The second-order valence-corrected chi connectivity index (χ2v) is 8.52. The molecule has 1 saturated heterocycles. The van der Waals surface area contributed by atoms with E-state index >= 15 is 0 Å². The Morgan fingerprint density at radius 1 is 1.17 bits per heavy atom.